The average Bonchev–Trinajstić information content (AvgIpc) is 2.45. The van der Waals surface area contributed by atoms with Crippen molar-refractivity contribution in [1.82, 2.24) is 0 Å². The van der Waals surface area contributed by atoms with E-state index in [1.165, 1.54) is 12.1 Å². The topological polar surface area (TPSA) is 40.5 Å². The molecule has 0 aliphatic carbocycles. The number of halogens is 1. The van der Waals surface area contributed by atoms with Crippen LogP contribution in [0.4, 0.5) is 4.39 Å². The normalized spacial score (nSPS) is 10.9. The fraction of sp³-hybridized carbons (Fsp3) is 0.111. The largest absolute Gasteiger partial charge is 0.508 e. The molecule has 2 nitrogen and oxygen atoms in total. The van der Waals surface area contributed by atoms with Crippen molar-refractivity contribution in [1.29, 1.82) is 0 Å². The van der Waals surface area contributed by atoms with Crippen LogP contribution in [0.25, 0.3) is 10.1 Å². The second-order valence-electron chi connectivity index (χ2n) is 2.69. The van der Waals surface area contributed by atoms with Gasteiger partial charge >= 0.3 is 0 Å². The second-order valence-corrected chi connectivity index (χ2v) is 3.69. The number of aliphatic hydroxyl groups is 1. The van der Waals surface area contributed by atoms with Crippen molar-refractivity contribution < 1.29 is 14.6 Å². The summed E-state index contributed by atoms with van der Waals surface area (Å²) < 4.78 is 13.4. The number of aliphatic hydroxyl groups excluding tert-OH is 1. The minimum atomic E-state index is -0.310. The van der Waals surface area contributed by atoms with Crippen LogP contribution >= 0.6 is 11.3 Å². The predicted octanol–water partition coefficient (Wildman–Crippen LogP) is 2.24. The molecule has 2 rings (SSSR count). The summed E-state index contributed by atoms with van der Waals surface area (Å²) >= 11 is 0.931. The number of aromatic hydroxyl groups is 1. The van der Waals surface area contributed by atoms with Crippen molar-refractivity contribution in [2.24, 2.45) is 0 Å². The van der Waals surface area contributed by atoms with Gasteiger partial charge in [-0.25, -0.2) is 0 Å². The van der Waals surface area contributed by atoms with Gasteiger partial charge in [0.05, 0.1) is 6.61 Å². The number of rotatable bonds is 1. The molecule has 0 spiro atoms. The van der Waals surface area contributed by atoms with Crippen LogP contribution in [0.2, 0.25) is 0 Å². The average molecular weight is 198 g/mol. The first kappa shape index (κ1) is 8.47. The Balaban J connectivity index is 2.82. The Morgan fingerprint density at radius 2 is 2.15 bits per heavy atom. The van der Waals surface area contributed by atoms with Crippen LogP contribution in [0.15, 0.2) is 18.2 Å². The second kappa shape index (κ2) is 2.97. The van der Waals surface area contributed by atoms with Crippen molar-refractivity contribution in [3.63, 3.8) is 0 Å². The third-order valence-corrected chi connectivity index (χ3v) is 2.89. The molecule has 0 bridgehead atoms. The molecule has 1 aromatic heterocycles. The number of hydrogen-bond donors (Lipinski definition) is 2. The SMILES string of the molecule is OCc1c(O)ccc2cc(F)sc12. The molecule has 0 saturated carbocycles. The number of hydrogen-bond acceptors (Lipinski definition) is 3. The standard InChI is InChI=1S/C9H7FO2S/c10-8-3-5-1-2-7(12)6(4-11)9(5)13-8/h1-3,11-12H,4H2. The van der Waals surface area contributed by atoms with Crippen LogP contribution in [0.1, 0.15) is 5.56 Å². The lowest BCUT2D eigenvalue weighted by molar-refractivity contribution is 0.277. The molecule has 0 aliphatic rings. The summed E-state index contributed by atoms with van der Waals surface area (Å²) in [5.74, 6) is 0.0110. The smallest absolute Gasteiger partial charge is 0.177 e. The molecule has 2 N–H and O–H groups in total. The lowest BCUT2D eigenvalue weighted by atomic mass is 10.1. The molecular weight excluding hydrogens is 191 g/mol. The quantitative estimate of drug-likeness (QED) is 0.737. The van der Waals surface area contributed by atoms with Gasteiger partial charge in [-0.2, -0.15) is 4.39 Å². The molecule has 1 heterocycles. The highest BCUT2D eigenvalue weighted by atomic mass is 32.1. The summed E-state index contributed by atoms with van der Waals surface area (Å²) in [6, 6.07) is 4.47. The van der Waals surface area contributed by atoms with Crippen LogP contribution in [0, 0.1) is 5.13 Å². The van der Waals surface area contributed by atoms with Gasteiger partial charge in [0.25, 0.3) is 0 Å². The number of phenols is 1. The Bertz CT molecular complexity index is 450. The van der Waals surface area contributed by atoms with E-state index in [1.54, 1.807) is 6.07 Å². The molecular formula is C9H7FO2S. The van der Waals surface area contributed by atoms with Crippen molar-refractivity contribution in [3.05, 3.63) is 28.9 Å². The van der Waals surface area contributed by atoms with Crippen LogP contribution in [0.3, 0.4) is 0 Å². The molecule has 0 atom stereocenters. The first-order chi connectivity index (χ1) is 6.22. The molecule has 0 saturated heterocycles. The Kier molecular flexibility index (Phi) is 1.94. The van der Waals surface area contributed by atoms with Gasteiger partial charge in [-0.3, -0.25) is 0 Å². The van der Waals surface area contributed by atoms with Crippen LogP contribution in [0.5, 0.6) is 5.75 Å². The minimum absolute atomic E-state index is 0.0110. The van der Waals surface area contributed by atoms with E-state index in [2.05, 4.69) is 0 Å². The zero-order valence-corrected chi connectivity index (χ0v) is 7.44. The monoisotopic (exact) mass is 198 g/mol. The molecule has 1 aromatic carbocycles. The molecule has 4 heteroatoms. The fourth-order valence-electron chi connectivity index (χ4n) is 1.27. The molecule has 0 aliphatic heterocycles. The molecule has 2 aromatic rings. The number of benzene rings is 1. The van der Waals surface area contributed by atoms with Gasteiger partial charge in [0, 0.05) is 10.3 Å². The van der Waals surface area contributed by atoms with Gasteiger partial charge in [-0.05, 0) is 23.6 Å². The van der Waals surface area contributed by atoms with Gasteiger partial charge in [-0.1, -0.05) is 0 Å². The maximum Gasteiger partial charge on any atom is 0.177 e. The zero-order valence-electron chi connectivity index (χ0n) is 6.62. The van der Waals surface area contributed by atoms with E-state index in [0.717, 1.165) is 11.3 Å². The van der Waals surface area contributed by atoms with Gasteiger partial charge in [-0.15, -0.1) is 11.3 Å². The van der Waals surface area contributed by atoms with Crippen molar-refractivity contribution >= 4 is 21.4 Å². The summed E-state index contributed by atoms with van der Waals surface area (Å²) in [6.45, 7) is -0.275. The zero-order chi connectivity index (χ0) is 9.42. The van der Waals surface area contributed by atoms with Crippen molar-refractivity contribution in [3.8, 4) is 5.75 Å². The lowest BCUT2D eigenvalue weighted by Gasteiger charge is -2.00. The van der Waals surface area contributed by atoms with E-state index < -0.39 is 0 Å². The highest BCUT2D eigenvalue weighted by Gasteiger charge is 2.09. The molecule has 13 heavy (non-hydrogen) atoms. The lowest BCUT2D eigenvalue weighted by Crippen LogP contribution is -1.83. The Hall–Kier alpha value is -1.13. The van der Waals surface area contributed by atoms with Crippen molar-refractivity contribution in [2.45, 2.75) is 6.61 Å². The summed E-state index contributed by atoms with van der Waals surface area (Å²) in [7, 11) is 0. The fourth-order valence-corrected chi connectivity index (χ4v) is 2.19. The highest BCUT2D eigenvalue weighted by Crippen LogP contribution is 2.32. The van der Waals surface area contributed by atoms with Crippen LogP contribution in [-0.4, -0.2) is 10.2 Å². The van der Waals surface area contributed by atoms with Gasteiger partial charge < -0.3 is 10.2 Å². The Morgan fingerprint density at radius 3 is 2.85 bits per heavy atom. The van der Waals surface area contributed by atoms with Gasteiger partial charge in [0.1, 0.15) is 5.75 Å². The highest BCUT2D eigenvalue weighted by molar-refractivity contribution is 7.17. The molecule has 0 unspecified atom stereocenters. The van der Waals surface area contributed by atoms with Gasteiger partial charge in [0.2, 0.25) is 0 Å². The summed E-state index contributed by atoms with van der Waals surface area (Å²) in [5.41, 5.74) is 0.395. The third-order valence-electron chi connectivity index (χ3n) is 1.89. The first-order valence-corrected chi connectivity index (χ1v) is 4.55. The van der Waals surface area contributed by atoms with E-state index in [9.17, 15) is 9.50 Å². The van der Waals surface area contributed by atoms with E-state index in [4.69, 9.17) is 5.11 Å². The van der Waals surface area contributed by atoms with Gasteiger partial charge in [0.15, 0.2) is 5.13 Å². The van der Waals surface area contributed by atoms with E-state index in [0.29, 0.717) is 15.6 Å². The summed E-state index contributed by atoms with van der Waals surface area (Å²) in [6.07, 6.45) is 0. The first-order valence-electron chi connectivity index (χ1n) is 3.73. The summed E-state index contributed by atoms with van der Waals surface area (Å²) in [5, 5.41) is 18.7. The Labute approximate surface area is 77.9 Å². The van der Waals surface area contributed by atoms with E-state index in [-0.39, 0.29) is 17.5 Å². The van der Waals surface area contributed by atoms with Crippen molar-refractivity contribution in [2.75, 3.05) is 0 Å². The number of fused-ring (bicyclic) bond motifs is 1. The Morgan fingerprint density at radius 1 is 1.38 bits per heavy atom. The van der Waals surface area contributed by atoms with E-state index in [1.807, 2.05) is 0 Å². The van der Waals surface area contributed by atoms with Crippen LogP contribution in [-0.2, 0) is 6.61 Å². The molecule has 0 amide bonds. The minimum Gasteiger partial charge on any atom is -0.508 e. The van der Waals surface area contributed by atoms with E-state index >= 15 is 0 Å². The number of thiophene rings is 1. The maximum atomic E-state index is 12.8. The van der Waals surface area contributed by atoms with Crippen LogP contribution < -0.4 is 0 Å². The summed E-state index contributed by atoms with van der Waals surface area (Å²) in [4.78, 5) is 0. The molecule has 68 valence electrons. The third kappa shape index (κ3) is 1.28. The maximum absolute atomic E-state index is 12.8. The predicted molar refractivity (Wildman–Crippen MR) is 49.4 cm³/mol. The molecule has 0 radical (unpaired) electrons. The molecule has 0 fully saturated rings.